The van der Waals surface area contributed by atoms with Crippen LogP contribution in [-0.4, -0.2) is 39.0 Å². The Labute approximate surface area is 152 Å². The largest absolute Gasteiger partial charge is 0.508 e. The van der Waals surface area contributed by atoms with Crippen LogP contribution in [0.25, 0.3) is 11.0 Å². The number of phenolic OH excluding ortho intramolecular Hbond substituents is 1. The monoisotopic (exact) mass is 349 g/mol. The van der Waals surface area contributed by atoms with Crippen molar-refractivity contribution in [2.45, 2.75) is 32.1 Å². The number of nitrogens with one attached hydrogen (secondary N) is 1. The Bertz CT molecular complexity index is 947. The standard InChI is InChI=1S/C21H23N3O2/c1-14-5-2-9-18-20(14)23-21(22-18)16-7-4-10-24(13-16)19(26)12-15-6-3-8-17(25)11-15/h2-3,5-6,8-9,11,16,25H,4,7,10,12-13H2,1H3,(H,22,23)/t16-/m0/s1. The zero-order valence-corrected chi connectivity index (χ0v) is 14.9. The van der Waals surface area contributed by atoms with Crippen LogP contribution < -0.4 is 0 Å². The van der Waals surface area contributed by atoms with Gasteiger partial charge in [0.15, 0.2) is 0 Å². The van der Waals surface area contributed by atoms with Gasteiger partial charge in [0.2, 0.25) is 5.91 Å². The lowest BCUT2D eigenvalue weighted by atomic mass is 9.96. The van der Waals surface area contributed by atoms with Gasteiger partial charge in [-0.15, -0.1) is 0 Å². The maximum atomic E-state index is 12.7. The van der Waals surface area contributed by atoms with Gasteiger partial charge in [-0.3, -0.25) is 4.79 Å². The van der Waals surface area contributed by atoms with Gasteiger partial charge < -0.3 is 15.0 Å². The van der Waals surface area contributed by atoms with E-state index in [-0.39, 0.29) is 17.6 Å². The summed E-state index contributed by atoms with van der Waals surface area (Å²) in [5.74, 6) is 1.52. The van der Waals surface area contributed by atoms with Crippen molar-refractivity contribution >= 4 is 16.9 Å². The number of aromatic nitrogens is 2. The molecular weight excluding hydrogens is 326 g/mol. The molecule has 0 bridgehead atoms. The zero-order chi connectivity index (χ0) is 18.1. The molecule has 1 aliphatic heterocycles. The van der Waals surface area contributed by atoms with Gasteiger partial charge in [-0.25, -0.2) is 4.98 Å². The maximum Gasteiger partial charge on any atom is 0.227 e. The summed E-state index contributed by atoms with van der Waals surface area (Å²) in [7, 11) is 0. The Morgan fingerprint density at radius 2 is 2.15 bits per heavy atom. The maximum absolute atomic E-state index is 12.7. The first-order valence-electron chi connectivity index (χ1n) is 9.11. The van der Waals surface area contributed by atoms with Crippen molar-refractivity contribution in [3.63, 3.8) is 0 Å². The van der Waals surface area contributed by atoms with Gasteiger partial charge in [-0.2, -0.15) is 0 Å². The average Bonchev–Trinajstić information content (AvgIpc) is 3.08. The van der Waals surface area contributed by atoms with E-state index in [1.165, 1.54) is 0 Å². The number of H-pyrrole nitrogens is 1. The van der Waals surface area contributed by atoms with Gasteiger partial charge in [-0.1, -0.05) is 24.3 Å². The molecule has 0 spiro atoms. The van der Waals surface area contributed by atoms with E-state index in [9.17, 15) is 9.90 Å². The van der Waals surface area contributed by atoms with Crippen molar-refractivity contribution in [3.8, 4) is 5.75 Å². The molecule has 0 unspecified atom stereocenters. The molecule has 3 aromatic rings. The summed E-state index contributed by atoms with van der Waals surface area (Å²) in [6.45, 7) is 3.54. The molecule has 0 aliphatic carbocycles. The Morgan fingerprint density at radius 1 is 1.31 bits per heavy atom. The molecule has 2 heterocycles. The van der Waals surface area contributed by atoms with Crippen LogP contribution >= 0.6 is 0 Å². The fourth-order valence-corrected chi connectivity index (χ4v) is 3.77. The molecule has 4 rings (SSSR count). The lowest BCUT2D eigenvalue weighted by Crippen LogP contribution is -2.40. The first-order valence-corrected chi connectivity index (χ1v) is 9.11. The van der Waals surface area contributed by atoms with Crippen LogP contribution in [-0.2, 0) is 11.2 Å². The normalized spacial score (nSPS) is 17.6. The topological polar surface area (TPSA) is 69.2 Å². The molecule has 0 radical (unpaired) electrons. The number of carbonyl (C=O) groups is 1. The van der Waals surface area contributed by atoms with Gasteiger partial charge in [0.05, 0.1) is 17.5 Å². The van der Waals surface area contributed by atoms with Gasteiger partial charge in [-0.05, 0) is 49.1 Å². The highest BCUT2D eigenvalue weighted by Gasteiger charge is 2.27. The number of rotatable bonds is 3. The van der Waals surface area contributed by atoms with Crippen LogP contribution in [0.2, 0.25) is 0 Å². The predicted octanol–water partition coefficient (Wildman–Crippen LogP) is 3.53. The molecule has 1 atom stereocenters. The number of amides is 1. The number of hydrogen-bond acceptors (Lipinski definition) is 3. The minimum atomic E-state index is 0.104. The van der Waals surface area contributed by atoms with Crippen molar-refractivity contribution in [2.24, 2.45) is 0 Å². The number of aromatic amines is 1. The van der Waals surface area contributed by atoms with E-state index in [2.05, 4.69) is 18.0 Å². The number of para-hydroxylation sites is 1. The number of likely N-dealkylation sites (tertiary alicyclic amines) is 1. The van der Waals surface area contributed by atoms with E-state index >= 15 is 0 Å². The second kappa shape index (κ2) is 6.83. The Kier molecular flexibility index (Phi) is 4.37. The number of nitrogens with zero attached hydrogens (tertiary/aromatic N) is 2. The summed E-state index contributed by atoms with van der Waals surface area (Å²) in [6, 6.07) is 13.1. The summed E-state index contributed by atoms with van der Waals surface area (Å²) in [5.41, 5.74) is 4.09. The van der Waals surface area contributed by atoms with Crippen LogP contribution in [0, 0.1) is 6.92 Å². The van der Waals surface area contributed by atoms with E-state index in [4.69, 9.17) is 4.98 Å². The molecule has 134 valence electrons. The summed E-state index contributed by atoms with van der Waals surface area (Å²) in [6.07, 6.45) is 2.33. The first-order chi connectivity index (χ1) is 12.6. The smallest absolute Gasteiger partial charge is 0.227 e. The van der Waals surface area contributed by atoms with Crippen LogP contribution in [0.5, 0.6) is 5.75 Å². The van der Waals surface area contributed by atoms with Crippen LogP contribution in [0.3, 0.4) is 0 Å². The van der Waals surface area contributed by atoms with Crippen molar-refractivity contribution < 1.29 is 9.90 Å². The number of piperidine rings is 1. The SMILES string of the molecule is Cc1cccc2[nH]c([C@H]3CCCN(C(=O)Cc4cccc(O)c4)C3)nc12. The minimum Gasteiger partial charge on any atom is -0.508 e. The van der Waals surface area contributed by atoms with Crippen LogP contribution in [0.4, 0.5) is 0 Å². The molecule has 1 fully saturated rings. The number of imidazole rings is 1. The lowest BCUT2D eigenvalue weighted by Gasteiger charge is -2.32. The van der Waals surface area contributed by atoms with Gasteiger partial charge in [0.1, 0.15) is 11.6 Å². The molecule has 1 aromatic heterocycles. The van der Waals surface area contributed by atoms with Crippen molar-refractivity contribution in [1.29, 1.82) is 0 Å². The quantitative estimate of drug-likeness (QED) is 0.760. The summed E-state index contributed by atoms with van der Waals surface area (Å²) in [5, 5.41) is 9.58. The van der Waals surface area contributed by atoms with Crippen molar-refractivity contribution in [2.75, 3.05) is 13.1 Å². The number of benzene rings is 2. The third-order valence-electron chi connectivity index (χ3n) is 5.16. The fraction of sp³-hybridized carbons (Fsp3) is 0.333. The second-order valence-corrected chi connectivity index (χ2v) is 7.12. The summed E-state index contributed by atoms with van der Waals surface area (Å²) < 4.78 is 0. The van der Waals surface area contributed by atoms with E-state index in [1.54, 1.807) is 18.2 Å². The number of carbonyl (C=O) groups excluding carboxylic acids is 1. The van der Waals surface area contributed by atoms with E-state index in [0.717, 1.165) is 47.4 Å². The molecule has 2 N–H and O–H groups in total. The highest BCUT2D eigenvalue weighted by atomic mass is 16.3. The number of fused-ring (bicyclic) bond motifs is 1. The number of aryl methyl sites for hydroxylation is 1. The second-order valence-electron chi connectivity index (χ2n) is 7.12. The van der Waals surface area contributed by atoms with Crippen molar-refractivity contribution in [1.82, 2.24) is 14.9 Å². The third-order valence-corrected chi connectivity index (χ3v) is 5.16. The van der Waals surface area contributed by atoms with Gasteiger partial charge >= 0.3 is 0 Å². The van der Waals surface area contributed by atoms with Crippen LogP contribution in [0.1, 0.15) is 35.7 Å². The number of hydrogen-bond donors (Lipinski definition) is 2. The molecule has 5 nitrogen and oxygen atoms in total. The number of aromatic hydroxyl groups is 1. The summed E-state index contributed by atoms with van der Waals surface area (Å²) in [4.78, 5) is 22.9. The highest BCUT2D eigenvalue weighted by molar-refractivity contribution is 5.80. The van der Waals surface area contributed by atoms with E-state index < -0.39 is 0 Å². The Hall–Kier alpha value is -2.82. The molecular formula is C21H23N3O2. The predicted molar refractivity (Wildman–Crippen MR) is 101 cm³/mol. The molecule has 5 heteroatoms. The van der Waals surface area contributed by atoms with E-state index in [1.807, 2.05) is 23.1 Å². The van der Waals surface area contributed by atoms with E-state index in [0.29, 0.717) is 13.0 Å². The molecule has 2 aromatic carbocycles. The molecule has 0 saturated carbocycles. The lowest BCUT2D eigenvalue weighted by molar-refractivity contribution is -0.131. The average molecular weight is 349 g/mol. The zero-order valence-electron chi connectivity index (χ0n) is 14.9. The Morgan fingerprint density at radius 3 is 2.96 bits per heavy atom. The fourth-order valence-electron chi connectivity index (χ4n) is 3.77. The molecule has 1 saturated heterocycles. The molecule has 1 amide bonds. The minimum absolute atomic E-state index is 0.104. The first kappa shape index (κ1) is 16.6. The molecule has 1 aliphatic rings. The highest BCUT2D eigenvalue weighted by Crippen LogP contribution is 2.28. The van der Waals surface area contributed by atoms with Gasteiger partial charge in [0, 0.05) is 19.0 Å². The molecule has 26 heavy (non-hydrogen) atoms. The number of phenols is 1. The van der Waals surface area contributed by atoms with Gasteiger partial charge in [0.25, 0.3) is 0 Å². The van der Waals surface area contributed by atoms with Crippen molar-refractivity contribution in [3.05, 3.63) is 59.4 Å². The van der Waals surface area contributed by atoms with Crippen LogP contribution in [0.15, 0.2) is 42.5 Å². The third kappa shape index (κ3) is 3.29. The Balaban J connectivity index is 1.49. The summed E-state index contributed by atoms with van der Waals surface area (Å²) >= 11 is 0.